The standard InChI is InChI=1S/C22H22ClNO7S/c1-12(25)28-19-11-32-22(21(30-14(3)27)20(19)29-13(2)26)31-18-9-15(6-7-17(18)23)16-5-4-8-24-10-16/h4-10,19-22H,11H2,1-3H3/t19-,20+,21-,22-/m1/s1. The lowest BCUT2D eigenvalue weighted by Crippen LogP contribution is -2.55. The van der Waals surface area contributed by atoms with Gasteiger partial charge in [-0.2, -0.15) is 0 Å². The third-order valence-corrected chi connectivity index (χ3v) is 6.00. The van der Waals surface area contributed by atoms with Crippen LogP contribution in [0.5, 0.6) is 5.75 Å². The predicted octanol–water partition coefficient (Wildman–Crippen LogP) is 3.65. The molecule has 1 fully saturated rings. The summed E-state index contributed by atoms with van der Waals surface area (Å²) in [5.41, 5.74) is 0.933. The molecule has 3 rings (SSSR count). The summed E-state index contributed by atoms with van der Waals surface area (Å²) < 4.78 is 22.3. The van der Waals surface area contributed by atoms with Crippen LogP contribution in [0.15, 0.2) is 42.7 Å². The second-order valence-electron chi connectivity index (χ2n) is 7.00. The number of carbonyl (C=O) groups is 3. The van der Waals surface area contributed by atoms with Gasteiger partial charge in [0.25, 0.3) is 0 Å². The van der Waals surface area contributed by atoms with Crippen molar-refractivity contribution in [1.82, 2.24) is 4.98 Å². The summed E-state index contributed by atoms with van der Waals surface area (Å²) in [5, 5.41) is 0.353. The highest BCUT2D eigenvalue weighted by atomic mass is 35.5. The minimum atomic E-state index is -1.04. The SMILES string of the molecule is CC(=O)O[C@@H]1[C@@H](OC(C)=O)[C@H](OC(C)=O)CS[C@H]1Oc1cc(-c2cccnc2)ccc1Cl. The zero-order valence-electron chi connectivity index (χ0n) is 17.6. The largest absolute Gasteiger partial charge is 0.474 e. The lowest BCUT2D eigenvalue weighted by atomic mass is 10.1. The highest BCUT2D eigenvalue weighted by Crippen LogP contribution is 2.37. The first-order valence-corrected chi connectivity index (χ1v) is 11.2. The summed E-state index contributed by atoms with van der Waals surface area (Å²) in [6.45, 7) is 3.71. The molecule has 0 saturated carbocycles. The van der Waals surface area contributed by atoms with E-state index in [1.54, 1.807) is 24.5 Å². The minimum absolute atomic E-state index is 0.264. The first-order valence-electron chi connectivity index (χ1n) is 9.74. The van der Waals surface area contributed by atoms with E-state index < -0.39 is 41.7 Å². The molecular weight excluding hydrogens is 458 g/mol. The number of ether oxygens (including phenoxy) is 4. The minimum Gasteiger partial charge on any atom is -0.474 e. The summed E-state index contributed by atoms with van der Waals surface area (Å²) in [6.07, 6.45) is 0.519. The number of hydrogen-bond donors (Lipinski definition) is 0. The molecule has 2 aromatic rings. The predicted molar refractivity (Wildman–Crippen MR) is 118 cm³/mol. The Hall–Kier alpha value is -2.78. The zero-order valence-corrected chi connectivity index (χ0v) is 19.2. The van der Waals surface area contributed by atoms with Crippen LogP contribution in [-0.4, -0.2) is 52.4 Å². The average Bonchev–Trinajstić information content (AvgIpc) is 2.73. The molecule has 1 aromatic carbocycles. The molecule has 0 radical (unpaired) electrons. The normalized spacial score (nSPS) is 22.5. The monoisotopic (exact) mass is 479 g/mol. The topological polar surface area (TPSA) is 101 Å². The Balaban J connectivity index is 1.91. The van der Waals surface area contributed by atoms with Gasteiger partial charge in [-0.25, -0.2) is 0 Å². The number of thioether (sulfide) groups is 1. The van der Waals surface area contributed by atoms with Gasteiger partial charge in [0.15, 0.2) is 23.7 Å². The highest BCUT2D eigenvalue weighted by Gasteiger charge is 2.47. The number of pyridine rings is 1. The van der Waals surface area contributed by atoms with Gasteiger partial charge in [0.05, 0.1) is 5.02 Å². The molecule has 8 nitrogen and oxygen atoms in total. The zero-order chi connectivity index (χ0) is 23.3. The number of aromatic nitrogens is 1. The molecule has 1 aromatic heterocycles. The van der Waals surface area contributed by atoms with Gasteiger partial charge in [-0.3, -0.25) is 19.4 Å². The first kappa shape index (κ1) is 23.9. The van der Waals surface area contributed by atoms with Crippen molar-refractivity contribution in [1.29, 1.82) is 0 Å². The molecular formula is C22H22ClNO7S. The average molecular weight is 480 g/mol. The molecule has 0 amide bonds. The van der Waals surface area contributed by atoms with Gasteiger partial charge in [0.2, 0.25) is 0 Å². The maximum atomic E-state index is 11.8. The van der Waals surface area contributed by atoms with Crippen LogP contribution in [0.4, 0.5) is 0 Å². The molecule has 0 spiro atoms. The van der Waals surface area contributed by atoms with Gasteiger partial charge in [0, 0.05) is 44.5 Å². The molecule has 2 heterocycles. The van der Waals surface area contributed by atoms with Crippen LogP contribution in [0.1, 0.15) is 20.8 Å². The lowest BCUT2D eigenvalue weighted by molar-refractivity contribution is -0.186. The van der Waals surface area contributed by atoms with Gasteiger partial charge in [0.1, 0.15) is 5.75 Å². The highest BCUT2D eigenvalue weighted by molar-refractivity contribution is 7.99. The fourth-order valence-electron chi connectivity index (χ4n) is 3.24. The van der Waals surface area contributed by atoms with E-state index in [9.17, 15) is 14.4 Å². The second kappa shape index (κ2) is 10.7. The third kappa shape index (κ3) is 6.14. The van der Waals surface area contributed by atoms with Crippen molar-refractivity contribution >= 4 is 41.3 Å². The summed E-state index contributed by atoms with van der Waals surface area (Å²) in [5.74, 6) is -1.12. The van der Waals surface area contributed by atoms with Gasteiger partial charge < -0.3 is 18.9 Å². The Bertz CT molecular complexity index is 987. The molecule has 10 heteroatoms. The third-order valence-electron chi connectivity index (χ3n) is 4.47. The van der Waals surface area contributed by atoms with Gasteiger partial charge in [-0.15, -0.1) is 11.8 Å². The molecule has 1 saturated heterocycles. The van der Waals surface area contributed by atoms with E-state index in [0.29, 0.717) is 10.8 Å². The molecule has 32 heavy (non-hydrogen) atoms. The van der Waals surface area contributed by atoms with E-state index in [4.69, 9.17) is 30.5 Å². The molecule has 170 valence electrons. The number of carbonyl (C=O) groups excluding carboxylic acids is 3. The lowest BCUT2D eigenvalue weighted by Gasteiger charge is -2.40. The maximum Gasteiger partial charge on any atom is 0.303 e. The molecule has 4 atom stereocenters. The van der Waals surface area contributed by atoms with E-state index in [0.717, 1.165) is 11.1 Å². The van der Waals surface area contributed by atoms with Crippen molar-refractivity contribution in [2.45, 2.75) is 44.5 Å². The fourth-order valence-corrected chi connectivity index (χ4v) is 4.61. The van der Waals surface area contributed by atoms with E-state index in [1.165, 1.54) is 32.5 Å². The van der Waals surface area contributed by atoms with Crippen LogP contribution in [-0.2, 0) is 28.6 Å². The van der Waals surface area contributed by atoms with Crippen LogP contribution >= 0.6 is 23.4 Å². The van der Waals surface area contributed by atoms with Crippen molar-refractivity contribution < 1.29 is 33.3 Å². The molecule has 0 N–H and O–H groups in total. The van der Waals surface area contributed by atoms with E-state index >= 15 is 0 Å². The number of halogens is 1. The number of nitrogens with zero attached hydrogens (tertiary/aromatic N) is 1. The summed E-state index contributed by atoms with van der Waals surface area (Å²) in [6, 6.07) is 9.00. The summed E-state index contributed by atoms with van der Waals surface area (Å²) in [4.78, 5) is 39.2. The van der Waals surface area contributed by atoms with Crippen LogP contribution in [0, 0.1) is 0 Å². The first-order chi connectivity index (χ1) is 15.2. The molecule has 0 unspecified atom stereocenters. The van der Waals surface area contributed by atoms with Crippen molar-refractivity contribution in [2.24, 2.45) is 0 Å². The van der Waals surface area contributed by atoms with E-state index in [2.05, 4.69) is 4.98 Å². The fraction of sp³-hybridized carbons (Fsp3) is 0.364. The van der Waals surface area contributed by atoms with Gasteiger partial charge in [-0.1, -0.05) is 23.7 Å². The molecule has 0 aliphatic carbocycles. The van der Waals surface area contributed by atoms with Crippen molar-refractivity contribution in [3.8, 4) is 16.9 Å². The smallest absolute Gasteiger partial charge is 0.303 e. The molecule has 1 aliphatic heterocycles. The second-order valence-corrected chi connectivity index (χ2v) is 8.54. The molecule has 1 aliphatic rings. The Morgan fingerprint density at radius 3 is 2.28 bits per heavy atom. The maximum absolute atomic E-state index is 11.8. The quantitative estimate of drug-likeness (QED) is 0.453. The van der Waals surface area contributed by atoms with Crippen molar-refractivity contribution in [3.05, 3.63) is 47.7 Å². The van der Waals surface area contributed by atoms with Crippen molar-refractivity contribution in [3.63, 3.8) is 0 Å². The van der Waals surface area contributed by atoms with Gasteiger partial charge in [-0.05, 0) is 23.8 Å². The van der Waals surface area contributed by atoms with Crippen LogP contribution in [0.3, 0.4) is 0 Å². The Labute approximate surface area is 194 Å². The Kier molecular flexibility index (Phi) is 7.98. The summed E-state index contributed by atoms with van der Waals surface area (Å²) >= 11 is 7.62. The number of benzene rings is 1. The number of rotatable bonds is 6. The van der Waals surface area contributed by atoms with Crippen LogP contribution in [0.2, 0.25) is 5.02 Å². The Morgan fingerprint density at radius 1 is 0.969 bits per heavy atom. The van der Waals surface area contributed by atoms with Crippen LogP contribution < -0.4 is 4.74 Å². The van der Waals surface area contributed by atoms with E-state index in [1.807, 2.05) is 18.2 Å². The number of esters is 3. The van der Waals surface area contributed by atoms with Gasteiger partial charge >= 0.3 is 17.9 Å². The Morgan fingerprint density at radius 2 is 1.66 bits per heavy atom. The number of hydrogen-bond acceptors (Lipinski definition) is 9. The summed E-state index contributed by atoms with van der Waals surface area (Å²) in [7, 11) is 0. The van der Waals surface area contributed by atoms with E-state index in [-0.39, 0.29) is 5.75 Å². The molecule has 0 bridgehead atoms. The van der Waals surface area contributed by atoms with Crippen molar-refractivity contribution in [2.75, 3.05) is 5.75 Å². The van der Waals surface area contributed by atoms with Crippen LogP contribution in [0.25, 0.3) is 11.1 Å².